The second kappa shape index (κ2) is 7.15. The largest absolute Gasteiger partial charge is 0.389 e. The van der Waals surface area contributed by atoms with E-state index in [1.165, 1.54) is 6.07 Å². The van der Waals surface area contributed by atoms with Gasteiger partial charge in [-0.1, -0.05) is 6.92 Å². The molecule has 1 N–H and O–H groups in total. The van der Waals surface area contributed by atoms with Gasteiger partial charge in [0.2, 0.25) is 0 Å². The van der Waals surface area contributed by atoms with Crippen molar-refractivity contribution in [1.82, 2.24) is 0 Å². The molecule has 1 rings (SSSR count). The standard InChI is InChI=1S/C15H24FNOS/c1-6-12(9-19-5)17(4)15-7-10(2)14(16)8-13(15)11(3)18/h7-8,11-12,18H,6,9H2,1-5H3/t11-,12?/m0/s1. The first-order chi connectivity index (χ1) is 8.92. The highest BCUT2D eigenvalue weighted by atomic mass is 32.2. The number of anilines is 1. The van der Waals surface area contributed by atoms with E-state index in [0.29, 0.717) is 17.2 Å². The molecule has 0 bridgehead atoms. The van der Waals surface area contributed by atoms with Crippen molar-refractivity contribution in [2.24, 2.45) is 0 Å². The molecule has 1 unspecified atom stereocenters. The van der Waals surface area contributed by atoms with Crippen LogP contribution in [0.1, 0.15) is 37.5 Å². The molecule has 0 aromatic heterocycles. The van der Waals surface area contributed by atoms with Crippen molar-refractivity contribution in [3.63, 3.8) is 0 Å². The molecule has 0 aliphatic heterocycles. The van der Waals surface area contributed by atoms with Crippen LogP contribution in [0.25, 0.3) is 0 Å². The zero-order chi connectivity index (χ0) is 14.6. The molecule has 0 fully saturated rings. The van der Waals surface area contributed by atoms with Crippen LogP contribution in [-0.2, 0) is 0 Å². The van der Waals surface area contributed by atoms with E-state index in [0.717, 1.165) is 17.9 Å². The molecule has 1 aromatic carbocycles. The number of halogens is 1. The molecule has 2 atom stereocenters. The summed E-state index contributed by atoms with van der Waals surface area (Å²) < 4.78 is 13.7. The first-order valence-electron chi connectivity index (χ1n) is 6.62. The van der Waals surface area contributed by atoms with Crippen LogP contribution < -0.4 is 4.90 Å². The molecular formula is C15H24FNOS. The normalized spacial score (nSPS) is 14.3. The van der Waals surface area contributed by atoms with Gasteiger partial charge in [0.05, 0.1) is 6.10 Å². The Bertz CT molecular complexity index is 423. The van der Waals surface area contributed by atoms with Crippen molar-refractivity contribution in [3.05, 3.63) is 29.1 Å². The number of aliphatic hydroxyl groups is 1. The Balaban J connectivity index is 3.19. The summed E-state index contributed by atoms with van der Waals surface area (Å²) in [5.41, 5.74) is 2.20. The summed E-state index contributed by atoms with van der Waals surface area (Å²) in [4.78, 5) is 2.16. The zero-order valence-electron chi connectivity index (χ0n) is 12.4. The third kappa shape index (κ3) is 3.86. The van der Waals surface area contributed by atoms with Crippen molar-refractivity contribution in [2.45, 2.75) is 39.3 Å². The summed E-state index contributed by atoms with van der Waals surface area (Å²) >= 11 is 1.80. The number of rotatable bonds is 6. The number of nitrogens with zero attached hydrogens (tertiary/aromatic N) is 1. The average Bonchev–Trinajstić information content (AvgIpc) is 2.37. The fraction of sp³-hybridized carbons (Fsp3) is 0.600. The monoisotopic (exact) mass is 285 g/mol. The number of hydrogen-bond acceptors (Lipinski definition) is 3. The van der Waals surface area contributed by atoms with E-state index in [-0.39, 0.29) is 5.82 Å². The third-order valence-corrected chi connectivity index (χ3v) is 4.23. The van der Waals surface area contributed by atoms with Crippen LogP contribution >= 0.6 is 11.8 Å². The van der Waals surface area contributed by atoms with E-state index in [2.05, 4.69) is 18.1 Å². The van der Waals surface area contributed by atoms with Crippen LogP contribution in [0.15, 0.2) is 12.1 Å². The maximum atomic E-state index is 13.7. The predicted molar refractivity (Wildman–Crippen MR) is 82.6 cm³/mol. The molecule has 19 heavy (non-hydrogen) atoms. The maximum Gasteiger partial charge on any atom is 0.126 e. The number of thioether (sulfide) groups is 1. The van der Waals surface area contributed by atoms with Crippen molar-refractivity contribution in [1.29, 1.82) is 0 Å². The quantitative estimate of drug-likeness (QED) is 0.860. The van der Waals surface area contributed by atoms with E-state index in [9.17, 15) is 9.50 Å². The third-order valence-electron chi connectivity index (χ3n) is 3.52. The summed E-state index contributed by atoms with van der Waals surface area (Å²) in [5.74, 6) is 0.758. The van der Waals surface area contributed by atoms with Crippen LogP contribution in [0.4, 0.5) is 10.1 Å². The van der Waals surface area contributed by atoms with E-state index < -0.39 is 6.10 Å². The van der Waals surface area contributed by atoms with Crippen molar-refractivity contribution < 1.29 is 9.50 Å². The van der Waals surface area contributed by atoms with E-state index in [1.807, 2.05) is 13.1 Å². The highest BCUT2D eigenvalue weighted by Crippen LogP contribution is 2.30. The van der Waals surface area contributed by atoms with Crippen LogP contribution in [-0.4, -0.2) is 30.2 Å². The minimum absolute atomic E-state index is 0.258. The molecule has 0 saturated heterocycles. The summed E-state index contributed by atoms with van der Waals surface area (Å²) in [7, 11) is 2.02. The van der Waals surface area contributed by atoms with Gasteiger partial charge in [0.25, 0.3) is 0 Å². The first kappa shape index (κ1) is 16.3. The van der Waals surface area contributed by atoms with Gasteiger partial charge in [0.1, 0.15) is 5.82 Å². The summed E-state index contributed by atoms with van der Waals surface area (Å²) in [6.45, 7) is 5.58. The molecule has 4 heteroatoms. The topological polar surface area (TPSA) is 23.5 Å². The van der Waals surface area contributed by atoms with E-state index in [1.54, 1.807) is 25.6 Å². The van der Waals surface area contributed by atoms with Crippen molar-refractivity contribution in [3.8, 4) is 0 Å². The van der Waals surface area contributed by atoms with Gasteiger partial charge in [-0.2, -0.15) is 11.8 Å². The Labute approximate surface area is 120 Å². The molecule has 0 aliphatic rings. The van der Waals surface area contributed by atoms with Gasteiger partial charge in [0, 0.05) is 30.1 Å². The lowest BCUT2D eigenvalue weighted by Crippen LogP contribution is -2.34. The van der Waals surface area contributed by atoms with Crippen LogP contribution in [0.2, 0.25) is 0 Å². The lowest BCUT2D eigenvalue weighted by Gasteiger charge is -2.31. The van der Waals surface area contributed by atoms with Crippen molar-refractivity contribution in [2.75, 3.05) is 24.0 Å². The Kier molecular flexibility index (Phi) is 6.14. The number of aliphatic hydroxyl groups excluding tert-OH is 1. The van der Waals surface area contributed by atoms with Crippen LogP contribution in [0.3, 0.4) is 0 Å². The molecule has 0 saturated carbocycles. The summed E-state index contributed by atoms with van der Waals surface area (Å²) in [6.07, 6.45) is 2.44. The molecule has 0 aliphatic carbocycles. The van der Waals surface area contributed by atoms with E-state index in [4.69, 9.17) is 0 Å². The molecule has 108 valence electrons. The minimum atomic E-state index is -0.667. The highest BCUT2D eigenvalue weighted by Gasteiger charge is 2.19. The van der Waals surface area contributed by atoms with E-state index >= 15 is 0 Å². The average molecular weight is 285 g/mol. The molecule has 2 nitrogen and oxygen atoms in total. The van der Waals surface area contributed by atoms with Gasteiger partial charge in [-0.15, -0.1) is 0 Å². The smallest absolute Gasteiger partial charge is 0.126 e. The Morgan fingerprint density at radius 3 is 2.53 bits per heavy atom. The van der Waals surface area contributed by atoms with Gasteiger partial charge < -0.3 is 10.0 Å². The van der Waals surface area contributed by atoms with Crippen LogP contribution in [0.5, 0.6) is 0 Å². The maximum absolute atomic E-state index is 13.7. The molecular weight excluding hydrogens is 261 g/mol. The molecule has 0 amide bonds. The lowest BCUT2D eigenvalue weighted by atomic mass is 10.0. The predicted octanol–water partition coefficient (Wildman–Crippen LogP) is 3.77. The van der Waals surface area contributed by atoms with Gasteiger partial charge >= 0.3 is 0 Å². The molecule has 0 radical (unpaired) electrons. The van der Waals surface area contributed by atoms with Gasteiger partial charge in [-0.3, -0.25) is 0 Å². The summed E-state index contributed by atoms with van der Waals surface area (Å²) in [5, 5.41) is 9.85. The second-order valence-electron chi connectivity index (χ2n) is 4.96. The molecule has 1 aromatic rings. The lowest BCUT2D eigenvalue weighted by molar-refractivity contribution is 0.199. The minimum Gasteiger partial charge on any atom is -0.389 e. The highest BCUT2D eigenvalue weighted by molar-refractivity contribution is 7.98. The number of aryl methyl sites for hydroxylation is 1. The fourth-order valence-corrected chi connectivity index (χ4v) is 3.06. The molecule has 0 spiro atoms. The zero-order valence-corrected chi connectivity index (χ0v) is 13.2. The first-order valence-corrected chi connectivity index (χ1v) is 8.01. The molecule has 0 heterocycles. The Morgan fingerprint density at radius 2 is 2.05 bits per heavy atom. The Hall–Kier alpha value is -0.740. The SMILES string of the molecule is CCC(CSC)N(C)c1cc(C)c(F)cc1[C@H](C)O. The number of hydrogen-bond donors (Lipinski definition) is 1. The fourth-order valence-electron chi connectivity index (χ4n) is 2.21. The number of benzene rings is 1. The van der Waals surface area contributed by atoms with Gasteiger partial charge in [-0.05, 0) is 44.2 Å². The second-order valence-corrected chi connectivity index (χ2v) is 5.88. The van der Waals surface area contributed by atoms with Gasteiger partial charge in [-0.25, -0.2) is 4.39 Å². The summed E-state index contributed by atoms with van der Waals surface area (Å²) in [6, 6.07) is 3.68. The Morgan fingerprint density at radius 1 is 1.42 bits per heavy atom. The van der Waals surface area contributed by atoms with Gasteiger partial charge in [0.15, 0.2) is 0 Å². The van der Waals surface area contributed by atoms with Crippen molar-refractivity contribution >= 4 is 17.4 Å². The van der Waals surface area contributed by atoms with Crippen LogP contribution in [0, 0.1) is 12.7 Å².